The van der Waals surface area contributed by atoms with E-state index in [9.17, 15) is 0 Å². The molecular formula is C8H19NOS. The van der Waals surface area contributed by atoms with E-state index in [-0.39, 0.29) is 0 Å². The third kappa shape index (κ3) is 3.99. The molecule has 1 saturated heterocycles. The maximum absolute atomic E-state index is 5.27. The molecule has 0 spiro atoms. The average molecular weight is 177 g/mol. The van der Waals surface area contributed by atoms with E-state index < -0.39 is 0 Å². The number of thiol groups is 1. The molecule has 0 bridgehead atoms. The first kappa shape index (κ1) is 9.36. The number of hydrogen-bond acceptors (Lipinski definition) is 2. The highest BCUT2D eigenvalue weighted by molar-refractivity contribution is 8.15. The SMILES string of the molecule is C[SH](C)CCN1CCOCC1. The fourth-order valence-electron chi connectivity index (χ4n) is 1.17. The van der Waals surface area contributed by atoms with Crippen molar-refractivity contribution in [2.75, 3.05) is 51.1 Å². The molecule has 0 N–H and O–H groups in total. The molecule has 0 aliphatic carbocycles. The molecule has 2 nitrogen and oxygen atoms in total. The van der Waals surface area contributed by atoms with Gasteiger partial charge in [-0.1, -0.05) is 0 Å². The second-order valence-corrected chi connectivity index (χ2v) is 5.86. The van der Waals surface area contributed by atoms with Gasteiger partial charge in [0.05, 0.1) is 13.2 Å². The van der Waals surface area contributed by atoms with Crippen LogP contribution >= 0.6 is 10.9 Å². The van der Waals surface area contributed by atoms with Crippen LogP contribution in [-0.4, -0.2) is 56.0 Å². The zero-order valence-electron chi connectivity index (χ0n) is 7.55. The number of morpholine rings is 1. The van der Waals surface area contributed by atoms with Crippen molar-refractivity contribution < 1.29 is 4.74 Å². The average Bonchev–Trinajstić information content (AvgIpc) is 2.03. The van der Waals surface area contributed by atoms with Gasteiger partial charge in [-0.15, -0.1) is 0 Å². The summed E-state index contributed by atoms with van der Waals surface area (Å²) in [6.45, 7) is 5.44. The smallest absolute Gasteiger partial charge is 0.0594 e. The van der Waals surface area contributed by atoms with E-state index in [1.54, 1.807) is 0 Å². The van der Waals surface area contributed by atoms with E-state index in [1.807, 2.05) is 0 Å². The van der Waals surface area contributed by atoms with Gasteiger partial charge >= 0.3 is 0 Å². The van der Waals surface area contributed by atoms with Crippen molar-refractivity contribution in [3.05, 3.63) is 0 Å². The molecule has 0 radical (unpaired) electrons. The fourth-order valence-corrected chi connectivity index (χ4v) is 1.85. The van der Waals surface area contributed by atoms with Crippen LogP contribution in [-0.2, 0) is 4.74 Å². The summed E-state index contributed by atoms with van der Waals surface area (Å²) in [5, 5.41) is 0. The van der Waals surface area contributed by atoms with Crippen molar-refractivity contribution >= 4 is 10.9 Å². The molecule has 0 atom stereocenters. The van der Waals surface area contributed by atoms with Crippen LogP contribution in [0.25, 0.3) is 0 Å². The topological polar surface area (TPSA) is 12.5 Å². The maximum atomic E-state index is 5.27. The zero-order valence-corrected chi connectivity index (χ0v) is 8.44. The standard InChI is InChI=1S/C8H19NOS/c1-11(2)8-5-9-3-6-10-7-4-9/h11H,3-8H2,1-2H3. The van der Waals surface area contributed by atoms with Crippen molar-refractivity contribution in [3.63, 3.8) is 0 Å². The predicted molar refractivity (Wildman–Crippen MR) is 53.0 cm³/mol. The van der Waals surface area contributed by atoms with Crippen molar-refractivity contribution in [1.29, 1.82) is 0 Å². The third-order valence-corrected chi connectivity index (χ3v) is 3.06. The molecule has 0 aromatic rings. The number of hydrogen-bond donors (Lipinski definition) is 1. The maximum Gasteiger partial charge on any atom is 0.0594 e. The first-order valence-corrected chi connectivity index (χ1v) is 6.66. The van der Waals surface area contributed by atoms with Gasteiger partial charge in [0, 0.05) is 19.6 Å². The lowest BCUT2D eigenvalue weighted by atomic mass is 10.4. The van der Waals surface area contributed by atoms with Gasteiger partial charge in [-0.2, -0.15) is 0 Å². The third-order valence-electron chi connectivity index (χ3n) is 1.97. The molecule has 1 aliphatic heterocycles. The molecule has 1 fully saturated rings. The van der Waals surface area contributed by atoms with Crippen molar-refractivity contribution in [2.24, 2.45) is 0 Å². The Bertz CT molecular complexity index is 102. The Kier molecular flexibility index (Phi) is 4.26. The van der Waals surface area contributed by atoms with Gasteiger partial charge in [0.25, 0.3) is 0 Å². The lowest BCUT2D eigenvalue weighted by Gasteiger charge is -2.27. The summed E-state index contributed by atoms with van der Waals surface area (Å²) in [5.41, 5.74) is 0. The lowest BCUT2D eigenvalue weighted by molar-refractivity contribution is 0.0409. The highest BCUT2D eigenvalue weighted by atomic mass is 32.2. The molecule has 0 aromatic heterocycles. The van der Waals surface area contributed by atoms with Crippen LogP contribution in [0.1, 0.15) is 0 Å². The number of rotatable bonds is 3. The Morgan fingerprint density at radius 3 is 2.45 bits per heavy atom. The molecule has 0 unspecified atom stereocenters. The largest absolute Gasteiger partial charge is 0.379 e. The molecule has 0 amide bonds. The zero-order chi connectivity index (χ0) is 8.10. The number of ether oxygens (including phenoxy) is 1. The minimum atomic E-state index is 0.292. The second kappa shape index (κ2) is 5.01. The van der Waals surface area contributed by atoms with Gasteiger partial charge in [0.2, 0.25) is 0 Å². The lowest BCUT2D eigenvalue weighted by Crippen LogP contribution is -2.37. The summed E-state index contributed by atoms with van der Waals surface area (Å²) < 4.78 is 5.27. The summed E-state index contributed by atoms with van der Waals surface area (Å²) in [6.07, 6.45) is 4.69. The normalized spacial score (nSPS) is 21.8. The van der Waals surface area contributed by atoms with Crippen molar-refractivity contribution in [1.82, 2.24) is 4.90 Å². The van der Waals surface area contributed by atoms with Crippen LogP contribution in [0.4, 0.5) is 0 Å². The number of nitrogens with zero attached hydrogens (tertiary/aromatic N) is 1. The summed E-state index contributed by atoms with van der Waals surface area (Å²) in [4.78, 5) is 2.51. The second-order valence-electron chi connectivity index (χ2n) is 3.26. The molecule has 3 heteroatoms. The minimum Gasteiger partial charge on any atom is -0.379 e. The van der Waals surface area contributed by atoms with Gasteiger partial charge in [0.15, 0.2) is 0 Å². The van der Waals surface area contributed by atoms with Gasteiger partial charge < -0.3 is 4.74 Å². The van der Waals surface area contributed by atoms with E-state index >= 15 is 0 Å². The first-order valence-electron chi connectivity index (χ1n) is 4.24. The van der Waals surface area contributed by atoms with Gasteiger partial charge in [-0.05, 0) is 18.3 Å². The first-order chi connectivity index (χ1) is 5.29. The summed E-state index contributed by atoms with van der Waals surface area (Å²) in [6, 6.07) is 0. The molecule has 0 saturated carbocycles. The van der Waals surface area contributed by atoms with Crippen LogP contribution in [0.3, 0.4) is 0 Å². The minimum absolute atomic E-state index is 0.292. The van der Waals surface area contributed by atoms with Gasteiger partial charge in [-0.3, -0.25) is 15.8 Å². The Labute approximate surface area is 72.3 Å². The Morgan fingerprint density at radius 2 is 1.91 bits per heavy atom. The van der Waals surface area contributed by atoms with E-state index in [0.29, 0.717) is 10.9 Å². The van der Waals surface area contributed by atoms with Crippen LogP contribution in [0, 0.1) is 0 Å². The summed E-state index contributed by atoms with van der Waals surface area (Å²) in [5.74, 6) is 1.38. The van der Waals surface area contributed by atoms with E-state index in [2.05, 4.69) is 17.4 Å². The van der Waals surface area contributed by atoms with Crippen LogP contribution in [0.5, 0.6) is 0 Å². The Hall–Kier alpha value is 0.270. The Balaban J connectivity index is 2.05. The highest BCUT2D eigenvalue weighted by Crippen LogP contribution is 2.12. The van der Waals surface area contributed by atoms with E-state index in [1.165, 1.54) is 12.3 Å². The Morgan fingerprint density at radius 1 is 1.27 bits per heavy atom. The summed E-state index contributed by atoms with van der Waals surface area (Å²) >= 11 is 0. The molecule has 68 valence electrons. The van der Waals surface area contributed by atoms with Crippen LogP contribution in [0.15, 0.2) is 0 Å². The van der Waals surface area contributed by atoms with Crippen LogP contribution < -0.4 is 0 Å². The van der Waals surface area contributed by atoms with Crippen molar-refractivity contribution in [3.8, 4) is 0 Å². The van der Waals surface area contributed by atoms with Crippen LogP contribution in [0.2, 0.25) is 0 Å². The molecule has 1 heterocycles. The molecule has 1 rings (SSSR count). The van der Waals surface area contributed by atoms with Gasteiger partial charge in [-0.25, -0.2) is 0 Å². The molecule has 11 heavy (non-hydrogen) atoms. The van der Waals surface area contributed by atoms with Gasteiger partial charge in [0.1, 0.15) is 0 Å². The molecular weight excluding hydrogens is 158 g/mol. The fraction of sp³-hybridized carbons (Fsp3) is 1.00. The molecule has 1 aliphatic rings. The highest BCUT2D eigenvalue weighted by Gasteiger charge is 2.08. The predicted octanol–water partition coefficient (Wildman–Crippen LogP) is 0.579. The summed E-state index contributed by atoms with van der Waals surface area (Å²) in [7, 11) is 0.292. The van der Waals surface area contributed by atoms with Crippen molar-refractivity contribution in [2.45, 2.75) is 0 Å². The quantitative estimate of drug-likeness (QED) is 0.633. The monoisotopic (exact) mass is 177 g/mol. The van der Waals surface area contributed by atoms with E-state index in [0.717, 1.165) is 26.3 Å². The molecule has 0 aromatic carbocycles. The van der Waals surface area contributed by atoms with E-state index in [4.69, 9.17) is 4.74 Å².